The van der Waals surface area contributed by atoms with Gasteiger partial charge in [0.2, 0.25) is 0 Å². The van der Waals surface area contributed by atoms with Crippen LogP contribution in [-0.2, 0) is 4.79 Å². The second-order valence-corrected chi connectivity index (χ2v) is 4.95. The van der Waals surface area contributed by atoms with Crippen molar-refractivity contribution in [1.29, 1.82) is 0 Å². The van der Waals surface area contributed by atoms with Crippen LogP contribution in [-0.4, -0.2) is 21.8 Å². The van der Waals surface area contributed by atoms with Gasteiger partial charge in [-0.1, -0.05) is 23.6 Å². The average Bonchev–Trinajstić information content (AvgIpc) is 2.27. The van der Waals surface area contributed by atoms with Gasteiger partial charge >= 0.3 is 0 Å². The molecule has 0 aromatic heterocycles. The number of benzene rings is 1. The predicted molar refractivity (Wildman–Crippen MR) is 72.7 cm³/mol. The van der Waals surface area contributed by atoms with E-state index in [1.165, 1.54) is 31.7 Å². The Hall–Kier alpha value is -1.73. The topological polar surface area (TPSA) is 54.4 Å². The van der Waals surface area contributed by atoms with Crippen molar-refractivity contribution in [1.82, 2.24) is 0 Å². The first kappa shape index (κ1) is 14.3. The Morgan fingerprint density at radius 1 is 1.33 bits per heavy atom. The first-order valence-corrected chi connectivity index (χ1v) is 6.45. The highest BCUT2D eigenvalue weighted by atomic mass is 32.2. The van der Waals surface area contributed by atoms with E-state index in [2.05, 4.69) is 11.8 Å². The van der Waals surface area contributed by atoms with Crippen LogP contribution in [0.1, 0.15) is 36.2 Å². The fourth-order valence-electron chi connectivity index (χ4n) is 1.32. The van der Waals surface area contributed by atoms with Crippen molar-refractivity contribution in [2.24, 2.45) is 0 Å². The molecular weight excluding hydrogens is 248 g/mol. The maximum Gasteiger partial charge on any atom is 0.185 e. The molecular formula is C14H14O3S. The number of ketones is 1. The van der Waals surface area contributed by atoms with Gasteiger partial charge in [-0.05, 0) is 25.1 Å². The molecule has 1 N–H and O–H groups in total. The molecule has 0 amide bonds. The van der Waals surface area contributed by atoms with Crippen LogP contribution in [0.2, 0.25) is 0 Å². The maximum absolute atomic E-state index is 11.1. The Morgan fingerprint density at radius 3 is 2.61 bits per heavy atom. The Kier molecular flexibility index (Phi) is 5.47. The normalized spacial score (nSPS) is 9.44. The van der Waals surface area contributed by atoms with Crippen LogP contribution in [0.4, 0.5) is 0 Å². The average molecular weight is 262 g/mol. The highest BCUT2D eigenvalue weighted by Gasteiger charge is 2.05. The molecule has 3 nitrogen and oxygen atoms in total. The summed E-state index contributed by atoms with van der Waals surface area (Å²) in [5.74, 6) is 6.24. The van der Waals surface area contributed by atoms with Gasteiger partial charge in [0.25, 0.3) is 0 Å². The standard InChI is InChI=1S/C14H14O3S/c1-10(15)13-7-6-12(9-14(13)17)5-3-4-8-18-11(2)16/h6-7,9,17H,4,8H2,1-2H3. The molecule has 0 atom stereocenters. The monoisotopic (exact) mass is 262 g/mol. The summed E-state index contributed by atoms with van der Waals surface area (Å²) in [6.07, 6.45) is 0.611. The number of phenolic OH excluding ortho intramolecular Hbond substituents is 1. The summed E-state index contributed by atoms with van der Waals surface area (Å²) in [7, 11) is 0. The van der Waals surface area contributed by atoms with Crippen molar-refractivity contribution in [3.8, 4) is 17.6 Å². The van der Waals surface area contributed by atoms with Crippen molar-refractivity contribution in [2.75, 3.05) is 5.75 Å². The summed E-state index contributed by atoms with van der Waals surface area (Å²) in [5.41, 5.74) is 0.956. The van der Waals surface area contributed by atoms with Crippen molar-refractivity contribution < 1.29 is 14.7 Å². The van der Waals surface area contributed by atoms with Crippen LogP contribution in [0, 0.1) is 11.8 Å². The van der Waals surface area contributed by atoms with Crippen LogP contribution >= 0.6 is 11.8 Å². The van der Waals surface area contributed by atoms with E-state index in [0.717, 1.165) is 0 Å². The summed E-state index contributed by atoms with van der Waals surface area (Å²) < 4.78 is 0. The molecule has 0 unspecified atom stereocenters. The molecule has 4 heteroatoms. The van der Waals surface area contributed by atoms with Gasteiger partial charge in [0.05, 0.1) is 5.56 Å². The Labute approximate surface area is 111 Å². The molecule has 1 rings (SSSR count). The Morgan fingerprint density at radius 2 is 2.06 bits per heavy atom. The number of hydrogen-bond acceptors (Lipinski definition) is 4. The third-order valence-corrected chi connectivity index (χ3v) is 2.96. The molecule has 1 aromatic rings. The molecule has 18 heavy (non-hydrogen) atoms. The molecule has 0 bridgehead atoms. The molecule has 0 spiro atoms. The molecule has 0 radical (unpaired) electrons. The lowest BCUT2D eigenvalue weighted by molar-refractivity contribution is -0.109. The summed E-state index contributed by atoms with van der Waals surface area (Å²) >= 11 is 1.24. The van der Waals surface area contributed by atoms with Gasteiger partial charge in [-0.3, -0.25) is 9.59 Å². The van der Waals surface area contributed by atoms with Crippen LogP contribution in [0.25, 0.3) is 0 Å². The van der Waals surface area contributed by atoms with Gasteiger partial charge in [-0.2, -0.15) is 0 Å². The predicted octanol–water partition coefficient (Wildman–Crippen LogP) is 2.62. The summed E-state index contributed by atoms with van der Waals surface area (Å²) in [5, 5.41) is 9.68. The molecule has 0 saturated heterocycles. The van der Waals surface area contributed by atoms with Gasteiger partial charge in [0, 0.05) is 24.7 Å². The summed E-state index contributed by atoms with van der Waals surface area (Å²) in [6, 6.07) is 4.73. The van der Waals surface area contributed by atoms with Crippen LogP contribution in [0.5, 0.6) is 5.75 Å². The summed E-state index contributed by atoms with van der Waals surface area (Å²) in [4.78, 5) is 21.8. The van der Waals surface area contributed by atoms with Gasteiger partial charge in [-0.25, -0.2) is 0 Å². The number of carbonyl (C=O) groups is 2. The lowest BCUT2D eigenvalue weighted by Gasteiger charge is -2.00. The van der Waals surface area contributed by atoms with E-state index in [4.69, 9.17) is 0 Å². The van der Waals surface area contributed by atoms with Crippen LogP contribution in [0.15, 0.2) is 18.2 Å². The molecule has 0 fully saturated rings. The van der Waals surface area contributed by atoms with Crippen LogP contribution in [0.3, 0.4) is 0 Å². The van der Waals surface area contributed by atoms with E-state index < -0.39 is 0 Å². The number of thioether (sulfide) groups is 1. The smallest absolute Gasteiger partial charge is 0.185 e. The van der Waals surface area contributed by atoms with Crippen molar-refractivity contribution in [3.63, 3.8) is 0 Å². The van der Waals surface area contributed by atoms with Gasteiger partial charge in [-0.15, -0.1) is 0 Å². The van der Waals surface area contributed by atoms with Crippen LogP contribution < -0.4 is 0 Å². The molecule has 0 heterocycles. The van der Waals surface area contributed by atoms with Crippen molar-refractivity contribution >= 4 is 22.7 Å². The van der Waals surface area contributed by atoms with Crippen molar-refractivity contribution in [3.05, 3.63) is 29.3 Å². The highest BCUT2D eigenvalue weighted by molar-refractivity contribution is 8.13. The molecule has 0 aliphatic heterocycles. The number of rotatable bonds is 3. The van der Waals surface area contributed by atoms with Gasteiger partial charge in [0.15, 0.2) is 10.9 Å². The minimum atomic E-state index is -0.176. The van der Waals surface area contributed by atoms with Crippen molar-refractivity contribution in [2.45, 2.75) is 20.3 Å². The zero-order valence-corrected chi connectivity index (χ0v) is 11.1. The first-order chi connectivity index (χ1) is 8.50. The van der Waals surface area contributed by atoms with E-state index in [0.29, 0.717) is 23.3 Å². The first-order valence-electron chi connectivity index (χ1n) is 5.47. The summed E-state index contributed by atoms with van der Waals surface area (Å²) in [6.45, 7) is 2.93. The zero-order chi connectivity index (χ0) is 13.5. The third kappa shape index (κ3) is 4.64. The molecule has 0 saturated carbocycles. The number of phenols is 1. The van der Waals surface area contributed by atoms with Gasteiger partial charge in [0.1, 0.15) is 5.75 Å². The van der Waals surface area contributed by atoms with Gasteiger partial charge < -0.3 is 5.11 Å². The Balaban J connectivity index is 2.64. The minimum absolute atomic E-state index is 0.0487. The third-order valence-electron chi connectivity index (χ3n) is 2.14. The number of hydrogen-bond donors (Lipinski definition) is 1. The van der Waals surface area contributed by atoms with E-state index in [1.807, 2.05) is 0 Å². The Bertz CT molecular complexity index is 524. The van der Waals surface area contributed by atoms with E-state index in [-0.39, 0.29) is 16.6 Å². The molecule has 94 valence electrons. The van der Waals surface area contributed by atoms with E-state index in [9.17, 15) is 14.7 Å². The zero-order valence-electron chi connectivity index (χ0n) is 10.3. The quantitative estimate of drug-likeness (QED) is 0.517. The number of carbonyl (C=O) groups excluding carboxylic acids is 2. The fraction of sp³-hybridized carbons (Fsp3) is 0.286. The molecule has 0 aliphatic carbocycles. The second-order valence-electron chi connectivity index (χ2n) is 3.68. The number of Topliss-reactive ketones (excluding diaryl/α,β-unsaturated/α-hetero) is 1. The van der Waals surface area contributed by atoms with E-state index in [1.54, 1.807) is 12.1 Å². The minimum Gasteiger partial charge on any atom is -0.507 e. The highest BCUT2D eigenvalue weighted by Crippen LogP contribution is 2.18. The molecule has 1 aromatic carbocycles. The molecule has 0 aliphatic rings. The lowest BCUT2D eigenvalue weighted by Crippen LogP contribution is -1.92. The second kappa shape index (κ2) is 6.87. The number of aromatic hydroxyl groups is 1. The maximum atomic E-state index is 11.1. The fourth-order valence-corrected chi connectivity index (χ4v) is 1.81. The SMILES string of the molecule is CC(=O)SCCC#Cc1ccc(C(C)=O)c(O)c1. The van der Waals surface area contributed by atoms with E-state index >= 15 is 0 Å². The lowest BCUT2D eigenvalue weighted by atomic mass is 10.1. The largest absolute Gasteiger partial charge is 0.507 e.